The maximum absolute atomic E-state index is 13.0. The molecule has 190 valence electrons. The highest BCUT2D eigenvalue weighted by molar-refractivity contribution is 8.01. The van der Waals surface area contributed by atoms with Crippen molar-refractivity contribution in [2.24, 2.45) is 5.73 Å². The van der Waals surface area contributed by atoms with E-state index in [1.165, 1.54) is 22.8 Å². The topological polar surface area (TPSA) is 72.6 Å². The number of nitrogens with two attached hydrogens (primary N) is 1. The number of carbonyl (C=O) groups is 2. The third kappa shape index (κ3) is 6.15. The number of hydrogen-bond acceptors (Lipinski definition) is 4. The van der Waals surface area contributed by atoms with E-state index in [-0.39, 0.29) is 17.9 Å². The van der Waals surface area contributed by atoms with E-state index in [0.29, 0.717) is 13.0 Å². The summed E-state index contributed by atoms with van der Waals surface area (Å²) >= 11 is 1.86. The zero-order chi connectivity index (χ0) is 26.1. The number of benzene rings is 3. The first-order valence-corrected chi connectivity index (χ1v) is 13.3. The lowest BCUT2D eigenvalue weighted by molar-refractivity contribution is -0.113. The highest BCUT2D eigenvalue weighted by Gasteiger charge is 2.42. The quantitative estimate of drug-likeness (QED) is 0.220. The summed E-state index contributed by atoms with van der Waals surface area (Å²) in [5.41, 5.74) is 8.86. The van der Waals surface area contributed by atoms with Crippen LogP contribution >= 0.6 is 11.8 Å². The predicted octanol–water partition coefficient (Wildman–Crippen LogP) is 5.91. The lowest BCUT2D eigenvalue weighted by Crippen LogP contribution is -2.48. The number of primary amides is 1. The molecule has 0 bridgehead atoms. The third-order valence-corrected chi connectivity index (χ3v) is 8.29. The van der Waals surface area contributed by atoms with Crippen molar-refractivity contribution < 1.29 is 14.3 Å². The van der Waals surface area contributed by atoms with E-state index in [0.717, 1.165) is 6.42 Å². The minimum atomic E-state index is -0.535. The van der Waals surface area contributed by atoms with Crippen LogP contribution in [0.3, 0.4) is 0 Å². The Labute approximate surface area is 223 Å². The van der Waals surface area contributed by atoms with Gasteiger partial charge in [0.1, 0.15) is 6.61 Å². The first-order valence-electron chi connectivity index (χ1n) is 12.4. The molecule has 3 aromatic rings. The van der Waals surface area contributed by atoms with Crippen molar-refractivity contribution in [2.45, 2.75) is 28.9 Å². The van der Waals surface area contributed by atoms with E-state index >= 15 is 0 Å². The Morgan fingerprint density at radius 2 is 1.43 bits per heavy atom. The number of hydrogen-bond donors (Lipinski definition) is 1. The van der Waals surface area contributed by atoms with Gasteiger partial charge in [0, 0.05) is 17.9 Å². The maximum atomic E-state index is 13.0. The molecule has 0 unspecified atom stereocenters. The van der Waals surface area contributed by atoms with Crippen molar-refractivity contribution in [3.8, 4) is 0 Å². The Hall–Kier alpha value is -3.77. The Morgan fingerprint density at radius 3 is 1.89 bits per heavy atom. The van der Waals surface area contributed by atoms with E-state index < -0.39 is 16.7 Å². The van der Waals surface area contributed by atoms with Crippen LogP contribution in [0, 0.1) is 0 Å². The van der Waals surface area contributed by atoms with Crippen molar-refractivity contribution in [1.82, 2.24) is 4.90 Å². The molecule has 0 spiro atoms. The second-order valence-corrected chi connectivity index (χ2v) is 10.5. The molecule has 0 aliphatic carbocycles. The van der Waals surface area contributed by atoms with Crippen LogP contribution in [0.15, 0.2) is 116 Å². The highest BCUT2D eigenvalue weighted by atomic mass is 32.2. The minimum Gasteiger partial charge on any atom is -0.445 e. The van der Waals surface area contributed by atoms with Gasteiger partial charge in [0.25, 0.3) is 0 Å². The Morgan fingerprint density at radius 1 is 0.919 bits per heavy atom. The Balaban J connectivity index is 1.75. The number of thioether (sulfide) groups is 1. The average Bonchev–Trinajstić information content (AvgIpc) is 2.95. The zero-order valence-corrected chi connectivity index (χ0v) is 21.6. The number of nitrogens with zero attached hydrogens (tertiary/aromatic N) is 1. The fourth-order valence-electron chi connectivity index (χ4n) is 4.86. The molecule has 6 heteroatoms. The summed E-state index contributed by atoms with van der Waals surface area (Å²) in [6.45, 7) is 4.25. The van der Waals surface area contributed by atoms with Gasteiger partial charge in [-0.3, -0.25) is 4.79 Å². The molecule has 1 fully saturated rings. The monoisotopic (exact) mass is 512 g/mol. The molecule has 2 amide bonds. The van der Waals surface area contributed by atoms with Crippen molar-refractivity contribution in [1.29, 1.82) is 0 Å². The maximum Gasteiger partial charge on any atom is 0.410 e. The number of rotatable bonds is 9. The van der Waals surface area contributed by atoms with Crippen LogP contribution in [0.2, 0.25) is 0 Å². The largest absolute Gasteiger partial charge is 0.445 e. The van der Waals surface area contributed by atoms with E-state index in [2.05, 4.69) is 79.4 Å². The fourth-order valence-corrected chi connectivity index (χ4v) is 6.66. The molecule has 3 aromatic carbocycles. The summed E-state index contributed by atoms with van der Waals surface area (Å²) in [5.74, 6) is -0.535. The Bertz CT molecular complexity index is 1120. The van der Waals surface area contributed by atoms with Gasteiger partial charge in [-0.2, -0.15) is 0 Å². The van der Waals surface area contributed by atoms with Crippen molar-refractivity contribution in [3.05, 3.63) is 132 Å². The van der Waals surface area contributed by atoms with Crippen molar-refractivity contribution >= 4 is 23.8 Å². The smallest absolute Gasteiger partial charge is 0.410 e. The van der Waals surface area contributed by atoms with Gasteiger partial charge >= 0.3 is 6.09 Å². The van der Waals surface area contributed by atoms with Crippen molar-refractivity contribution in [2.75, 3.05) is 13.2 Å². The van der Waals surface area contributed by atoms with Gasteiger partial charge in [-0.05, 0) is 29.5 Å². The van der Waals surface area contributed by atoms with Crippen LogP contribution in [0.25, 0.3) is 0 Å². The summed E-state index contributed by atoms with van der Waals surface area (Å²) in [4.78, 5) is 26.1. The molecular formula is C31H32N2O3S. The Kier molecular flexibility index (Phi) is 8.86. The molecule has 0 saturated carbocycles. The first kappa shape index (κ1) is 26.3. The number of ether oxygens (including phenoxy) is 1. The van der Waals surface area contributed by atoms with Crippen LogP contribution < -0.4 is 5.73 Å². The summed E-state index contributed by atoms with van der Waals surface area (Å²) in [6.07, 6.45) is 5.71. The first-order chi connectivity index (χ1) is 18.0. The molecule has 1 aliphatic rings. The zero-order valence-electron chi connectivity index (χ0n) is 20.7. The number of amides is 2. The number of likely N-dealkylation sites (tertiary alicyclic amines) is 1. The van der Waals surface area contributed by atoms with Crippen LogP contribution in [-0.2, 0) is 14.3 Å². The van der Waals surface area contributed by atoms with E-state index in [9.17, 15) is 9.59 Å². The van der Waals surface area contributed by atoms with E-state index in [1.807, 2.05) is 30.0 Å². The molecular weight excluding hydrogens is 480 g/mol. The van der Waals surface area contributed by atoms with Gasteiger partial charge in [-0.15, -0.1) is 11.8 Å². The number of piperidine rings is 1. The van der Waals surface area contributed by atoms with Crippen LogP contribution in [0.1, 0.15) is 29.5 Å². The minimum absolute atomic E-state index is 0.107. The SMILES string of the molecule is C=CCOC(=O)N1C[C@@H](SC(c2ccccc2)(c2ccccc2)c2ccccc2)CC[C@@H]1C=CC(N)=O. The second-order valence-electron chi connectivity index (χ2n) is 8.94. The predicted molar refractivity (Wildman–Crippen MR) is 150 cm³/mol. The van der Waals surface area contributed by atoms with Crippen LogP contribution in [0.4, 0.5) is 4.79 Å². The summed E-state index contributed by atoms with van der Waals surface area (Å²) in [6, 6.07) is 31.3. The lowest BCUT2D eigenvalue weighted by Gasteiger charge is -2.43. The van der Waals surface area contributed by atoms with Gasteiger partial charge in [0.2, 0.25) is 5.91 Å². The summed E-state index contributed by atoms with van der Waals surface area (Å²) in [5, 5.41) is 0.107. The van der Waals surface area contributed by atoms with Gasteiger partial charge in [-0.25, -0.2) is 4.79 Å². The van der Waals surface area contributed by atoms with Gasteiger partial charge in [0.05, 0.1) is 10.8 Å². The van der Waals surface area contributed by atoms with Gasteiger partial charge in [-0.1, -0.05) is 110 Å². The molecule has 37 heavy (non-hydrogen) atoms. The molecule has 2 N–H and O–H groups in total. The molecule has 1 heterocycles. The molecule has 0 radical (unpaired) electrons. The van der Waals surface area contributed by atoms with Crippen LogP contribution in [0.5, 0.6) is 0 Å². The van der Waals surface area contributed by atoms with Gasteiger partial charge in [0.15, 0.2) is 0 Å². The molecule has 5 nitrogen and oxygen atoms in total. The summed E-state index contributed by atoms with van der Waals surface area (Å²) in [7, 11) is 0. The molecule has 1 aliphatic heterocycles. The van der Waals surface area contributed by atoms with Gasteiger partial charge < -0.3 is 15.4 Å². The van der Waals surface area contributed by atoms with Crippen LogP contribution in [-0.4, -0.2) is 41.3 Å². The molecule has 4 rings (SSSR count). The fraction of sp³-hybridized carbons (Fsp3) is 0.226. The molecule has 0 aromatic heterocycles. The lowest BCUT2D eigenvalue weighted by atomic mass is 9.84. The molecule has 1 saturated heterocycles. The van der Waals surface area contributed by atoms with E-state index in [1.54, 1.807) is 17.1 Å². The summed E-state index contributed by atoms with van der Waals surface area (Å²) < 4.78 is 4.92. The standard InChI is InChI=1S/C31H32N2O3S/c1-2-22-36-30(35)33-23-28(20-18-27(33)19-21-29(32)34)37-31(24-12-6-3-7-13-24,25-14-8-4-9-15-25)26-16-10-5-11-17-26/h2-17,19,21,27-28H,1,18,20,22-23H2,(H2,32,34)/t27-,28+/m1/s1. The van der Waals surface area contributed by atoms with Crippen molar-refractivity contribution in [3.63, 3.8) is 0 Å². The average molecular weight is 513 g/mol. The molecule has 2 atom stereocenters. The normalized spacial score (nSPS) is 17.9. The second kappa shape index (κ2) is 12.5. The van der Waals surface area contributed by atoms with E-state index in [4.69, 9.17) is 10.5 Å². The highest BCUT2D eigenvalue weighted by Crippen LogP contribution is 2.51. The number of carbonyl (C=O) groups excluding carboxylic acids is 2. The third-order valence-electron chi connectivity index (χ3n) is 6.51.